The number of nitrogen functional groups attached to an aromatic ring is 1. The molecule has 0 aromatic heterocycles. The van der Waals surface area contributed by atoms with Crippen LogP contribution in [0.2, 0.25) is 0 Å². The number of halogens is 1. The van der Waals surface area contributed by atoms with Crippen molar-refractivity contribution in [3.05, 3.63) is 23.5 Å². The lowest BCUT2D eigenvalue weighted by molar-refractivity contribution is 0.0527. The SMILES string of the molecule is CCOC(=O)c1cc(N2CC(C)C(C)C2)c(F)cc1N. The average Bonchev–Trinajstić information content (AvgIpc) is 2.69. The Morgan fingerprint density at radius 1 is 1.40 bits per heavy atom. The molecule has 1 aliphatic heterocycles. The number of carbonyl (C=O) groups excluding carboxylic acids is 1. The quantitative estimate of drug-likeness (QED) is 0.683. The van der Waals surface area contributed by atoms with E-state index in [4.69, 9.17) is 10.5 Å². The molecule has 1 fully saturated rings. The van der Waals surface area contributed by atoms with E-state index in [1.54, 1.807) is 6.92 Å². The maximum absolute atomic E-state index is 14.1. The van der Waals surface area contributed by atoms with Crippen molar-refractivity contribution in [1.82, 2.24) is 0 Å². The number of ether oxygens (including phenoxy) is 1. The van der Waals surface area contributed by atoms with E-state index in [1.165, 1.54) is 12.1 Å². The highest BCUT2D eigenvalue weighted by atomic mass is 19.1. The summed E-state index contributed by atoms with van der Waals surface area (Å²) in [5.74, 6) is 0.0967. The molecule has 1 aromatic rings. The third-order valence-electron chi connectivity index (χ3n) is 3.94. The Hall–Kier alpha value is -1.78. The molecule has 2 rings (SSSR count). The van der Waals surface area contributed by atoms with Crippen molar-refractivity contribution in [2.24, 2.45) is 11.8 Å². The molecule has 20 heavy (non-hydrogen) atoms. The van der Waals surface area contributed by atoms with Crippen molar-refractivity contribution < 1.29 is 13.9 Å². The molecule has 4 nitrogen and oxygen atoms in total. The summed E-state index contributed by atoms with van der Waals surface area (Å²) in [7, 11) is 0. The largest absolute Gasteiger partial charge is 0.462 e. The van der Waals surface area contributed by atoms with Crippen LogP contribution in [-0.2, 0) is 4.74 Å². The Bertz CT molecular complexity index is 509. The van der Waals surface area contributed by atoms with Crippen molar-refractivity contribution in [2.45, 2.75) is 20.8 Å². The van der Waals surface area contributed by atoms with Crippen molar-refractivity contribution in [3.63, 3.8) is 0 Å². The van der Waals surface area contributed by atoms with Crippen molar-refractivity contribution in [2.75, 3.05) is 30.3 Å². The number of hydrogen-bond donors (Lipinski definition) is 1. The molecule has 0 amide bonds. The highest BCUT2D eigenvalue weighted by Crippen LogP contribution is 2.32. The van der Waals surface area contributed by atoms with Crippen LogP contribution < -0.4 is 10.6 Å². The van der Waals surface area contributed by atoms with E-state index in [0.29, 0.717) is 17.5 Å². The molecule has 0 saturated carbocycles. The number of anilines is 2. The summed E-state index contributed by atoms with van der Waals surface area (Å²) in [5, 5.41) is 0. The third kappa shape index (κ3) is 2.71. The van der Waals surface area contributed by atoms with Gasteiger partial charge in [-0.1, -0.05) is 13.8 Å². The number of rotatable bonds is 3. The van der Waals surface area contributed by atoms with E-state index in [9.17, 15) is 9.18 Å². The number of benzene rings is 1. The monoisotopic (exact) mass is 280 g/mol. The van der Waals surface area contributed by atoms with Gasteiger partial charge in [0.25, 0.3) is 0 Å². The maximum atomic E-state index is 14.1. The van der Waals surface area contributed by atoms with Crippen LogP contribution in [0.4, 0.5) is 15.8 Å². The van der Waals surface area contributed by atoms with Gasteiger partial charge in [-0.25, -0.2) is 9.18 Å². The van der Waals surface area contributed by atoms with Gasteiger partial charge in [0, 0.05) is 18.8 Å². The van der Waals surface area contributed by atoms with Gasteiger partial charge in [0.15, 0.2) is 0 Å². The second kappa shape index (κ2) is 5.69. The Morgan fingerprint density at radius 3 is 2.55 bits per heavy atom. The topological polar surface area (TPSA) is 55.6 Å². The number of hydrogen-bond acceptors (Lipinski definition) is 4. The van der Waals surface area contributed by atoms with Crippen LogP contribution in [0.1, 0.15) is 31.1 Å². The normalized spacial score (nSPS) is 22.1. The first-order valence-corrected chi connectivity index (χ1v) is 6.95. The highest BCUT2D eigenvalue weighted by Gasteiger charge is 2.29. The number of nitrogens with zero attached hydrogens (tertiary/aromatic N) is 1. The lowest BCUT2D eigenvalue weighted by atomic mass is 10.0. The van der Waals surface area contributed by atoms with Crippen LogP contribution >= 0.6 is 0 Å². The van der Waals surface area contributed by atoms with Gasteiger partial charge in [-0.05, 0) is 30.9 Å². The molecular formula is C15H21FN2O2. The van der Waals surface area contributed by atoms with E-state index in [2.05, 4.69) is 13.8 Å². The molecular weight excluding hydrogens is 259 g/mol. The Morgan fingerprint density at radius 2 is 2.00 bits per heavy atom. The summed E-state index contributed by atoms with van der Waals surface area (Å²) in [6.07, 6.45) is 0. The molecule has 1 aromatic carbocycles. The van der Waals surface area contributed by atoms with Crippen LogP contribution in [0.5, 0.6) is 0 Å². The molecule has 0 spiro atoms. The molecule has 1 heterocycles. The smallest absolute Gasteiger partial charge is 0.340 e. The minimum Gasteiger partial charge on any atom is -0.462 e. The van der Waals surface area contributed by atoms with Gasteiger partial charge in [0.05, 0.1) is 17.9 Å². The van der Waals surface area contributed by atoms with Gasteiger partial charge in [-0.3, -0.25) is 0 Å². The van der Waals surface area contributed by atoms with Crippen molar-refractivity contribution >= 4 is 17.3 Å². The molecule has 110 valence electrons. The summed E-state index contributed by atoms with van der Waals surface area (Å²) in [5.41, 5.74) is 6.49. The first kappa shape index (κ1) is 14.6. The number of esters is 1. The van der Waals surface area contributed by atoms with Gasteiger partial charge in [0.1, 0.15) is 5.82 Å². The number of carbonyl (C=O) groups is 1. The van der Waals surface area contributed by atoms with Crippen LogP contribution in [0.3, 0.4) is 0 Å². The Balaban J connectivity index is 2.34. The fourth-order valence-corrected chi connectivity index (χ4v) is 2.53. The van der Waals surface area contributed by atoms with Crippen LogP contribution in [-0.4, -0.2) is 25.7 Å². The highest BCUT2D eigenvalue weighted by molar-refractivity contribution is 5.96. The zero-order chi connectivity index (χ0) is 14.9. The van der Waals surface area contributed by atoms with Gasteiger partial charge in [-0.15, -0.1) is 0 Å². The van der Waals surface area contributed by atoms with Crippen LogP contribution in [0, 0.1) is 17.7 Å². The molecule has 0 aliphatic carbocycles. The van der Waals surface area contributed by atoms with Gasteiger partial charge < -0.3 is 15.4 Å². The lowest BCUT2D eigenvalue weighted by Gasteiger charge is -2.20. The van der Waals surface area contributed by atoms with E-state index in [1.807, 2.05) is 4.90 Å². The van der Waals surface area contributed by atoms with Gasteiger partial charge in [0.2, 0.25) is 0 Å². The standard InChI is InChI=1S/C15H21FN2O2/c1-4-20-15(19)11-5-14(12(16)6-13(11)17)18-7-9(2)10(3)8-18/h5-6,9-10H,4,7-8,17H2,1-3H3. The molecule has 2 N–H and O–H groups in total. The predicted octanol–water partition coefficient (Wildman–Crippen LogP) is 2.68. The molecule has 0 radical (unpaired) electrons. The van der Waals surface area contributed by atoms with Crippen molar-refractivity contribution in [1.29, 1.82) is 0 Å². The summed E-state index contributed by atoms with van der Waals surface area (Å²) >= 11 is 0. The summed E-state index contributed by atoms with van der Waals surface area (Å²) < 4.78 is 19.1. The summed E-state index contributed by atoms with van der Waals surface area (Å²) in [6.45, 7) is 7.85. The first-order chi connectivity index (χ1) is 9.43. The minimum absolute atomic E-state index is 0.116. The maximum Gasteiger partial charge on any atom is 0.340 e. The number of nitrogens with two attached hydrogens (primary N) is 1. The average molecular weight is 280 g/mol. The fourth-order valence-electron chi connectivity index (χ4n) is 2.53. The van der Waals surface area contributed by atoms with Gasteiger partial charge in [-0.2, -0.15) is 0 Å². The van der Waals surface area contributed by atoms with Crippen LogP contribution in [0.15, 0.2) is 12.1 Å². The zero-order valence-corrected chi connectivity index (χ0v) is 12.1. The zero-order valence-electron chi connectivity index (χ0n) is 12.1. The van der Waals surface area contributed by atoms with E-state index < -0.39 is 11.8 Å². The first-order valence-electron chi connectivity index (χ1n) is 6.95. The van der Waals surface area contributed by atoms with E-state index >= 15 is 0 Å². The van der Waals surface area contributed by atoms with E-state index in [-0.39, 0.29) is 17.9 Å². The fraction of sp³-hybridized carbons (Fsp3) is 0.533. The third-order valence-corrected chi connectivity index (χ3v) is 3.94. The summed E-state index contributed by atoms with van der Waals surface area (Å²) in [6, 6.07) is 2.71. The molecule has 5 heteroatoms. The predicted molar refractivity (Wildman–Crippen MR) is 77.3 cm³/mol. The Kier molecular flexibility index (Phi) is 4.16. The van der Waals surface area contributed by atoms with E-state index in [0.717, 1.165) is 13.1 Å². The molecule has 2 atom stereocenters. The van der Waals surface area contributed by atoms with Crippen LogP contribution in [0.25, 0.3) is 0 Å². The minimum atomic E-state index is -0.508. The molecule has 1 saturated heterocycles. The second-order valence-electron chi connectivity index (χ2n) is 5.47. The molecule has 2 unspecified atom stereocenters. The van der Waals surface area contributed by atoms with Gasteiger partial charge >= 0.3 is 5.97 Å². The second-order valence-corrected chi connectivity index (χ2v) is 5.47. The lowest BCUT2D eigenvalue weighted by Crippen LogP contribution is -2.22. The molecule has 0 bridgehead atoms. The van der Waals surface area contributed by atoms with Crippen molar-refractivity contribution in [3.8, 4) is 0 Å². The molecule has 1 aliphatic rings. The summed E-state index contributed by atoms with van der Waals surface area (Å²) in [4.78, 5) is 13.8. The Labute approximate surface area is 118 Å².